The van der Waals surface area contributed by atoms with Gasteiger partial charge in [0.15, 0.2) is 0 Å². The summed E-state index contributed by atoms with van der Waals surface area (Å²) in [5.74, 6) is -0.443. The number of aromatic nitrogens is 1. The number of carbonyl (C=O) groups excluding carboxylic acids is 2. The molecule has 0 bridgehead atoms. The largest absolute Gasteiger partial charge is 0.364 e. The van der Waals surface area contributed by atoms with Crippen molar-refractivity contribution in [1.29, 1.82) is 0 Å². The zero-order valence-electron chi connectivity index (χ0n) is 14.1. The maximum atomic E-state index is 12.9. The number of amides is 2. The maximum absolute atomic E-state index is 12.9. The fourth-order valence-corrected chi connectivity index (χ4v) is 3.16. The minimum absolute atomic E-state index is 0.0548. The highest BCUT2D eigenvalue weighted by Gasteiger charge is 2.38. The standard InChI is InChI=1S/C19H21N3O2/c1-19(2,3)14-11-22(16-7-5-4-6-13(14)16)18(24)12-8-9-15(17(20)23)21-10-12/h4-10,14H,11H2,1-3H3,(H2,20,23). The normalized spacial score (nSPS) is 16.8. The molecule has 0 fully saturated rings. The van der Waals surface area contributed by atoms with Crippen molar-refractivity contribution in [3.63, 3.8) is 0 Å². The van der Waals surface area contributed by atoms with Crippen LogP contribution in [0.5, 0.6) is 0 Å². The summed E-state index contributed by atoms with van der Waals surface area (Å²) in [6.45, 7) is 7.20. The van der Waals surface area contributed by atoms with Gasteiger partial charge in [0.1, 0.15) is 5.69 Å². The zero-order chi connectivity index (χ0) is 17.5. The van der Waals surface area contributed by atoms with Crippen molar-refractivity contribution in [2.75, 3.05) is 11.4 Å². The van der Waals surface area contributed by atoms with Gasteiger partial charge in [-0.15, -0.1) is 0 Å². The number of pyridine rings is 1. The van der Waals surface area contributed by atoms with E-state index in [4.69, 9.17) is 5.73 Å². The molecule has 1 aliphatic rings. The molecule has 124 valence electrons. The molecule has 5 nitrogen and oxygen atoms in total. The molecular weight excluding hydrogens is 302 g/mol. The molecule has 0 saturated heterocycles. The Labute approximate surface area is 141 Å². The fraction of sp³-hybridized carbons (Fsp3) is 0.316. The Morgan fingerprint density at radius 1 is 1.17 bits per heavy atom. The molecule has 2 heterocycles. The first-order valence-corrected chi connectivity index (χ1v) is 7.95. The van der Waals surface area contributed by atoms with Crippen molar-refractivity contribution in [3.05, 3.63) is 59.4 Å². The van der Waals surface area contributed by atoms with Crippen molar-refractivity contribution < 1.29 is 9.59 Å². The summed E-state index contributed by atoms with van der Waals surface area (Å²) in [5, 5.41) is 0. The van der Waals surface area contributed by atoms with E-state index in [2.05, 4.69) is 31.8 Å². The van der Waals surface area contributed by atoms with Gasteiger partial charge in [-0.3, -0.25) is 14.6 Å². The molecular formula is C19H21N3O2. The highest BCUT2D eigenvalue weighted by atomic mass is 16.2. The number of hydrogen-bond acceptors (Lipinski definition) is 3. The van der Waals surface area contributed by atoms with Gasteiger partial charge in [0.2, 0.25) is 0 Å². The first-order chi connectivity index (χ1) is 11.3. The van der Waals surface area contributed by atoms with E-state index in [-0.39, 0.29) is 22.9 Å². The van der Waals surface area contributed by atoms with Crippen LogP contribution in [0.4, 0.5) is 5.69 Å². The van der Waals surface area contributed by atoms with Crippen molar-refractivity contribution in [1.82, 2.24) is 4.98 Å². The van der Waals surface area contributed by atoms with E-state index in [1.54, 1.807) is 11.0 Å². The van der Waals surface area contributed by atoms with Crippen LogP contribution in [-0.4, -0.2) is 23.3 Å². The average Bonchev–Trinajstić information content (AvgIpc) is 2.94. The van der Waals surface area contributed by atoms with Gasteiger partial charge in [0.05, 0.1) is 5.56 Å². The number of rotatable bonds is 2. The monoisotopic (exact) mass is 323 g/mol. The first-order valence-electron chi connectivity index (χ1n) is 7.95. The highest BCUT2D eigenvalue weighted by molar-refractivity contribution is 6.07. The van der Waals surface area contributed by atoms with Gasteiger partial charge in [0.25, 0.3) is 11.8 Å². The summed E-state index contributed by atoms with van der Waals surface area (Å²) in [5.41, 5.74) is 7.99. The predicted octanol–water partition coefficient (Wildman–Crippen LogP) is 2.97. The smallest absolute Gasteiger partial charge is 0.267 e. The predicted molar refractivity (Wildman–Crippen MR) is 93.1 cm³/mol. The van der Waals surface area contributed by atoms with Crippen LogP contribution in [0.3, 0.4) is 0 Å². The number of fused-ring (bicyclic) bond motifs is 1. The van der Waals surface area contributed by atoms with Crippen LogP contribution in [0.1, 0.15) is 53.1 Å². The Morgan fingerprint density at radius 3 is 2.46 bits per heavy atom. The lowest BCUT2D eigenvalue weighted by Crippen LogP contribution is -2.32. The third kappa shape index (κ3) is 2.77. The zero-order valence-corrected chi connectivity index (χ0v) is 14.1. The summed E-state index contributed by atoms with van der Waals surface area (Å²) in [7, 11) is 0. The van der Waals surface area contributed by atoms with Crippen LogP contribution in [0.2, 0.25) is 0 Å². The Kier molecular flexibility index (Phi) is 3.87. The van der Waals surface area contributed by atoms with Crippen LogP contribution in [0, 0.1) is 5.41 Å². The molecule has 2 amide bonds. The van der Waals surface area contributed by atoms with Gasteiger partial charge in [0, 0.05) is 24.3 Å². The molecule has 0 aliphatic carbocycles. The Balaban J connectivity index is 1.95. The molecule has 1 aromatic heterocycles. The summed E-state index contributed by atoms with van der Waals surface area (Å²) in [6.07, 6.45) is 1.41. The molecule has 1 atom stereocenters. The number of anilines is 1. The van der Waals surface area contributed by atoms with E-state index in [0.29, 0.717) is 12.1 Å². The van der Waals surface area contributed by atoms with Gasteiger partial charge in [-0.05, 0) is 29.2 Å². The lowest BCUT2D eigenvalue weighted by atomic mass is 9.78. The second-order valence-electron chi connectivity index (χ2n) is 7.19. The molecule has 0 saturated carbocycles. The summed E-state index contributed by atoms with van der Waals surface area (Å²) in [6, 6.07) is 11.1. The minimum Gasteiger partial charge on any atom is -0.364 e. The van der Waals surface area contributed by atoms with E-state index < -0.39 is 5.91 Å². The molecule has 2 N–H and O–H groups in total. The van der Waals surface area contributed by atoms with Gasteiger partial charge >= 0.3 is 0 Å². The third-order valence-electron chi connectivity index (χ3n) is 4.52. The second kappa shape index (κ2) is 5.74. The van der Waals surface area contributed by atoms with Gasteiger partial charge < -0.3 is 10.6 Å². The average molecular weight is 323 g/mol. The van der Waals surface area contributed by atoms with E-state index in [9.17, 15) is 9.59 Å². The quantitative estimate of drug-likeness (QED) is 0.923. The number of hydrogen-bond donors (Lipinski definition) is 1. The van der Waals surface area contributed by atoms with E-state index in [1.165, 1.54) is 17.8 Å². The lowest BCUT2D eigenvalue weighted by Gasteiger charge is -2.27. The Bertz CT molecular complexity index is 791. The molecule has 1 unspecified atom stereocenters. The van der Waals surface area contributed by atoms with Gasteiger partial charge in [-0.2, -0.15) is 0 Å². The topological polar surface area (TPSA) is 76.3 Å². The molecule has 0 radical (unpaired) electrons. The summed E-state index contributed by atoms with van der Waals surface area (Å²) < 4.78 is 0. The number of para-hydroxylation sites is 1. The number of primary amides is 1. The Hall–Kier alpha value is -2.69. The van der Waals surface area contributed by atoms with E-state index in [1.807, 2.05) is 18.2 Å². The minimum atomic E-state index is -0.603. The van der Waals surface area contributed by atoms with E-state index in [0.717, 1.165) is 5.69 Å². The van der Waals surface area contributed by atoms with Crippen LogP contribution in [0.15, 0.2) is 42.6 Å². The second-order valence-corrected chi connectivity index (χ2v) is 7.19. The van der Waals surface area contributed by atoms with Crippen molar-refractivity contribution >= 4 is 17.5 Å². The number of nitrogens with zero attached hydrogens (tertiary/aromatic N) is 2. The van der Waals surface area contributed by atoms with Crippen LogP contribution in [0.25, 0.3) is 0 Å². The van der Waals surface area contributed by atoms with Crippen molar-refractivity contribution in [2.24, 2.45) is 11.1 Å². The number of nitrogens with two attached hydrogens (primary N) is 1. The first kappa shape index (κ1) is 16.2. The maximum Gasteiger partial charge on any atom is 0.267 e. The Morgan fingerprint density at radius 2 is 1.88 bits per heavy atom. The van der Waals surface area contributed by atoms with E-state index >= 15 is 0 Å². The SMILES string of the molecule is CC(C)(C)C1CN(C(=O)c2ccc(C(N)=O)nc2)c2ccccc21. The van der Waals surface area contributed by atoms with Crippen molar-refractivity contribution in [3.8, 4) is 0 Å². The van der Waals surface area contributed by atoms with Crippen LogP contribution >= 0.6 is 0 Å². The third-order valence-corrected chi connectivity index (χ3v) is 4.52. The summed E-state index contributed by atoms with van der Waals surface area (Å²) in [4.78, 5) is 29.8. The molecule has 0 spiro atoms. The molecule has 3 rings (SSSR count). The lowest BCUT2D eigenvalue weighted by molar-refractivity contribution is 0.0976. The number of carbonyl (C=O) groups is 2. The highest BCUT2D eigenvalue weighted by Crippen LogP contribution is 2.45. The van der Waals surface area contributed by atoms with Gasteiger partial charge in [-0.25, -0.2) is 0 Å². The molecule has 1 aromatic carbocycles. The molecule has 24 heavy (non-hydrogen) atoms. The molecule has 2 aromatic rings. The summed E-state index contributed by atoms with van der Waals surface area (Å²) >= 11 is 0. The number of benzene rings is 1. The van der Waals surface area contributed by atoms with Crippen molar-refractivity contribution in [2.45, 2.75) is 26.7 Å². The van der Waals surface area contributed by atoms with Crippen LogP contribution < -0.4 is 10.6 Å². The van der Waals surface area contributed by atoms with Gasteiger partial charge in [-0.1, -0.05) is 39.0 Å². The van der Waals surface area contributed by atoms with Crippen LogP contribution in [-0.2, 0) is 0 Å². The fourth-order valence-electron chi connectivity index (χ4n) is 3.16. The molecule has 5 heteroatoms. The molecule has 1 aliphatic heterocycles.